The van der Waals surface area contributed by atoms with E-state index in [2.05, 4.69) is 16.0 Å². The summed E-state index contributed by atoms with van der Waals surface area (Å²) >= 11 is 0. The molecule has 0 radical (unpaired) electrons. The zero-order chi connectivity index (χ0) is 28.5. The Labute approximate surface area is 232 Å². The van der Waals surface area contributed by atoms with Crippen LogP contribution in [0.4, 0.5) is 0 Å². The Kier molecular flexibility index (Phi) is 10.7. The molecular formula is C31H42N4O4. The summed E-state index contributed by atoms with van der Waals surface area (Å²) in [6.45, 7) is 7.88. The number of ether oxygens (including phenoxy) is 1. The van der Waals surface area contributed by atoms with Crippen LogP contribution in [0.2, 0.25) is 0 Å². The Balaban J connectivity index is 1.98. The van der Waals surface area contributed by atoms with E-state index in [0.717, 1.165) is 11.1 Å². The number of carbonyl (C=O) groups excluding carboxylic acids is 3. The van der Waals surface area contributed by atoms with Gasteiger partial charge in [0.05, 0.1) is 6.04 Å². The third kappa shape index (κ3) is 8.68. The molecule has 2 heterocycles. The van der Waals surface area contributed by atoms with Gasteiger partial charge >= 0.3 is 0 Å². The van der Waals surface area contributed by atoms with E-state index in [9.17, 15) is 14.4 Å². The summed E-state index contributed by atoms with van der Waals surface area (Å²) in [6, 6.07) is 14.8. The maximum atomic E-state index is 13.9. The first-order chi connectivity index (χ1) is 18.5. The average Bonchev–Trinajstić information content (AvgIpc) is 2.89. The van der Waals surface area contributed by atoms with Gasteiger partial charge in [-0.15, -0.1) is 0 Å². The van der Waals surface area contributed by atoms with E-state index in [1.54, 1.807) is 12.3 Å². The summed E-state index contributed by atoms with van der Waals surface area (Å²) in [7, 11) is 3.69. The summed E-state index contributed by atoms with van der Waals surface area (Å²) < 4.78 is 6.35. The third-order valence-electron chi connectivity index (χ3n) is 6.76. The van der Waals surface area contributed by atoms with Crippen molar-refractivity contribution in [2.75, 3.05) is 14.1 Å². The smallest absolute Gasteiger partial charge is 0.247 e. The van der Waals surface area contributed by atoms with Crippen molar-refractivity contribution in [3.63, 3.8) is 0 Å². The van der Waals surface area contributed by atoms with Crippen LogP contribution in [0, 0.1) is 11.8 Å². The lowest BCUT2D eigenvalue weighted by molar-refractivity contribution is -0.136. The largest absolute Gasteiger partial charge is 0.487 e. The average molecular weight is 535 g/mol. The highest BCUT2D eigenvalue weighted by atomic mass is 16.5. The van der Waals surface area contributed by atoms with Gasteiger partial charge in [-0.25, -0.2) is 0 Å². The standard InChI is InChI=1S/C31H42N4O4/c1-20(2)18-25-29(36)32-17-16-22-12-14-24(15-13-22)39-28(21(3)4)27(31(38)33-25)34-30(37)26(35(5)6)19-23-10-8-7-9-11-23/h7-17,20-21,25-28H,18-19H2,1-6H3,(H,32,36)(H,33,38)(H,34,37)/b17-16-/t25-,26+,27+,28-/m0/s1. The first-order valence-electron chi connectivity index (χ1n) is 13.6. The quantitative estimate of drug-likeness (QED) is 0.482. The molecule has 4 rings (SSSR count). The molecule has 2 aliphatic rings. The van der Waals surface area contributed by atoms with E-state index in [1.165, 1.54) is 0 Å². The number of nitrogens with one attached hydrogen (secondary N) is 3. The van der Waals surface area contributed by atoms with E-state index < -0.39 is 30.1 Å². The van der Waals surface area contributed by atoms with Gasteiger partial charge in [-0.2, -0.15) is 0 Å². The summed E-state index contributed by atoms with van der Waals surface area (Å²) in [5.74, 6) is -0.446. The van der Waals surface area contributed by atoms with Crippen molar-refractivity contribution in [1.29, 1.82) is 0 Å². The number of fused-ring (bicyclic) bond motifs is 10. The van der Waals surface area contributed by atoms with Gasteiger partial charge in [0.25, 0.3) is 0 Å². The molecule has 0 spiro atoms. The van der Waals surface area contributed by atoms with Gasteiger partial charge in [0.2, 0.25) is 17.7 Å². The molecule has 0 aromatic heterocycles. The molecule has 0 saturated carbocycles. The van der Waals surface area contributed by atoms with Crippen LogP contribution < -0.4 is 20.7 Å². The summed E-state index contributed by atoms with van der Waals surface area (Å²) in [4.78, 5) is 42.5. The van der Waals surface area contributed by atoms with Gasteiger partial charge in [-0.1, -0.05) is 70.2 Å². The van der Waals surface area contributed by atoms with Gasteiger partial charge in [0, 0.05) is 6.20 Å². The SMILES string of the molecule is CC(C)C[C@@H]1NC(=O)[C@H](NC(=O)[C@@H](Cc2ccccc2)N(C)C)[C@H](C(C)C)Oc2ccc(cc2)/C=C\NC1=O. The van der Waals surface area contributed by atoms with Gasteiger partial charge in [-0.3, -0.25) is 19.3 Å². The molecule has 2 bridgehead atoms. The second-order valence-corrected chi connectivity index (χ2v) is 11.1. The van der Waals surface area contributed by atoms with Crippen LogP contribution >= 0.6 is 0 Å². The maximum Gasteiger partial charge on any atom is 0.247 e. The van der Waals surface area contributed by atoms with Crippen molar-refractivity contribution in [2.45, 2.75) is 64.8 Å². The van der Waals surface area contributed by atoms with Crippen LogP contribution in [0.5, 0.6) is 5.75 Å². The molecule has 2 aliphatic heterocycles. The van der Waals surface area contributed by atoms with E-state index >= 15 is 0 Å². The molecule has 0 unspecified atom stereocenters. The zero-order valence-corrected chi connectivity index (χ0v) is 23.8. The Bertz CT molecular complexity index is 1130. The van der Waals surface area contributed by atoms with Crippen LogP contribution in [0.1, 0.15) is 45.2 Å². The van der Waals surface area contributed by atoms with Gasteiger partial charge in [0.15, 0.2) is 0 Å². The molecule has 2 aromatic carbocycles. The van der Waals surface area contributed by atoms with E-state index in [4.69, 9.17) is 4.74 Å². The fraction of sp³-hybridized carbons (Fsp3) is 0.452. The Morgan fingerprint density at radius 3 is 2.23 bits per heavy atom. The Morgan fingerprint density at radius 1 is 0.974 bits per heavy atom. The van der Waals surface area contributed by atoms with Gasteiger partial charge in [-0.05, 0) is 68.1 Å². The molecule has 3 amide bonds. The van der Waals surface area contributed by atoms with Crippen molar-refractivity contribution in [2.24, 2.45) is 11.8 Å². The van der Waals surface area contributed by atoms with Gasteiger partial charge < -0.3 is 20.7 Å². The van der Waals surface area contributed by atoms with Crippen molar-refractivity contribution in [3.05, 3.63) is 71.9 Å². The molecule has 0 saturated heterocycles. The molecule has 8 nitrogen and oxygen atoms in total. The normalized spacial score (nSPS) is 21.6. The predicted molar refractivity (Wildman–Crippen MR) is 154 cm³/mol. The molecule has 210 valence electrons. The number of carbonyl (C=O) groups is 3. The van der Waals surface area contributed by atoms with E-state index in [-0.39, 0.29) is 23.7 Å². The highest BCUT2D eigenvalue weighted by Crippen LogP contribution is 2.21. The number of rotatable bonds is 8. The Hall–Kier alpha value is -3.65. The second kappa shape index (κ2) is 13.9. The van der Waals surface area contributed by atoms with Crippen molar-refractivity contribution < 1.29 is 19.1 Å². The fourth-order valence-electron chi connectivity index (χ4n) is 4.58. The molecule has 3 N–H and O–H groups in total. The minimum Gasteiger partial charge on any atom is -0.487 e. The van der Waals surface area contributed by atoms with Crippen molar-refractivity contribution >= 4 is 23.8 Å². The predicted octanol–water partition coefficient (Wildman–Crippen LogP) is 3.38. The monoisotopic (exact) mass is 534 g/mol. The third-order valence-corrected chi connectivity index (χ3v) is 6.76. The lowest BCUT2D eigenvalue weighted by Crippen LogP contribution is -2.62. The molecular weight excluding hydrogens is 492 g/mol. The Morgan fingerprint density at radius 2 is 1.64 bits per heavy atom. The first kappa shape index (κ1) is 29.9. The molecule has 39 heavy (non-hydrogen) atoms. The van der Waals surface area contributed by atoms with Gasteiger partial charge in [0.1, 0.15) is 23.9 Å². The highest BCUT2D eigenvalue weighted by Gasteiger charge is 2.38. The molecule has 2 aromatic rings. The number of likely N-dealkylation sites (N-methyl/N-ethyl adjacent to an activating group) is 1. The van der Waals surface area contributed by atoms with Crippen LogP contribution in [0.3, 0.4) is 0 Å². The van der Waals surface area contributed by atoms with Crippen LogP contribution in [-0.4, -0.2) is 60.9 Å². The minimum atomic E-state index is -1.03. The van der Waals surface area contributed by atoms with Crippen molar-refractivity contribution in [3.8, 4) is 5.75 Å². The summed E-state index contributed by atoms with van der Waals surface area (Å²) in [5.41, 5.74) is 1.91. The fourth-order valence-corrected chi connectivity index (χ4v) is 4.58. The van der Waals surface area contributed by atoms with E-state index in [0.29, 0.717) is 18.6 Å². The summed E-state index contributed by atoms with van der Waals surface area (Å²) in [5, 5.41) is 8.70. The topological polar surface area (TPSA) is 99.8 Å². The lowest BCUT2D eigenvalue weighted by atomic mass is 9.96. The zero-order valence-electron chi connectivity index (χ0n) is 23.8. The van der Waals surface area contributed by atoms with E-state index in [1.807, 2.05) is 101 Å². The number of amides is 3. The number of hydrogen-bond acceptors (Lipinski definition) is 5. The second-order valence-electron chi connectivity index (χ2n) is 11.1. The van der Waals surface area contributed by atoms with Crippen molar-refractivity contribution in [1.82, 2.24) is 20.9 Å². The summed E-state index contributed by atoms with van der Waals surface area (Å²) in [6.07, 6.45) is 3.61. The first-order valence-corrected chi connectivity index (χ1v) is 13.6. The number of benzene rings is 2. The lowest BCUT2D eigenvalue weighted by Gasteiger charge is -2.34. The highest BCUT2D eigenvalue weighted by molar-refractivity contribution is 5.94. The number of hydrogen-bond donors (Lipinski definition) is 3. The number of nitrogens with zero attached hydrogens (tertiary/aromatic N) is 1. The molecule has 0 aliphatic carbocycles. The van der Waals surface area contributed by atoms with Crippen LogP contribution in [0.25, 0.3) is 6.08 Å². The van der Waals surface area contributed by atoms with Crippen LogP contribution in [0.15, 0.2) is 60.8 Å². The van der Waals surface area contributed by atoms with Crippen LogP contribution in [-0.2, 0) is 20.8 Å². The molecule has 8 heteroatoms. The minimum absolute atomic E-state index is 0.127. The molecule has 4 atom stereocenters. The maximum absolute atomic E-state index is 13.9. The molecule has 0 fully saturated rings.